The van der Waals surface area contributed by atoms with Gasteiger partial charge in [-0.2, -0.15) is 0 Å². The van der Waals surface area contributed by atoms with Gasteiger partial charge in [-0.05, 0) is 0 Å². The summed E-state index contributed by atoms with van der Waals surface area (Å²) in [7, 11) is -0.889. The second-order valence-electron chi connectivity index (χ2n) is 6.39. The van der Waals surface area contributed by atoms with Gasteiger partial charge >= 0.3 is 142 Å². The summed E-state index contributed by atoms with van der Waals surface area (Å²) in [5.41, 5.74) is 6.22. The summed E-state index contributed by atoms with van der Waals surface area (Å²) < 4.78 is 1.62. The summed E-state index contributed by atoms with van der Waals surface area (Å²) in [6.45, 7) is 0. The molecular weight excluding hydrogens is 562 g/mol. The molecule has 4 rings (SSSR count). The first-order valence-electron chi connectivity index (χ1n) is 7.97. The largest absolute Gasteiger partial charge is 1.00 e. The molecule has 24 heavy (non-hydrogen) atoms. The first-order chi connectivity index (χ1) is 10.8. The van der Waals surface area contributed by atoms with Crippen LogP contribution in [0.5, 0.6) is 0 Å². The van der Waals surface area contributed by atoms with Crippen LogP contribution in [0, 0.1) is 0 Å². The van der Waals surface area contributed by atoms with Crippen LogP contribution in [0.3, 0.4) is 0 Å². The van der Waals surface area contributed by atoms with Gasteiger partial charge in [-0.3, -0.25) is 0 Å². The smallest absolute Gasteiger partial charge is 1.00 e. The third kappa shape index (κ3) is 3.56. The van der Waals surface area contributed by atoms with Gasteiger partial charge < -0.3 is 24.8 Å². The van der Waals surface area contributed by atoms with E-state index in [0.29, 0.717) is 0 Å². The Kier molecular flexibility index (Phi) is 7.19. The minimum Gasteiger partial charge on any atom is -1.00 e. The molecule has 2 atom stereocenters. The van der Waals surface area contributed by atoms with Crippen molar-refractivity contribution in [2.75, 3.05) is 0 Å². The summed E-state index contributed by atoms with van der Waals surface area (Å²) in [5, 5.41) is 0. The molecule has 0 N–H and O–H groups in total. The zero-order valence-corrected chi connectivity index (χ0v) is 21.0. The topological polar surface area (TPSA) is 0 Å². The van der Waals surface area contributed by atoms with Gasteiger partial charge in [-0.15, -0.1) is 0 Å². The minimum absolute atomic E-state index is 0. The summed E-state index contributed by atoms with van der Waals surface area (Å²) in [4.78, 5) is 0. The maximum atomic E-state index is 2.63. The van der Waals surface area contributed by atoms with Crippen molar-refractivity contribution in [3.8, 4) is 0 Å². The van der Waals surface area contributed by atoms with Gasteiger partial charge in [-0.1, -0.05) is 0 Å². The van der Waals surface area contributed by atoms with Crippen LogP contribution in [0.25, 0.3) is 12.2 Å². The third-order valence-electron chi connectivity index (χ3n) is 4.85. The summed E-state index contributed by atoms with van der Waals surface area (Å²) in [5.74, 6) is 5.26. The SMILES string of the molecule is [CH3][Ge]([CH3])=[Hf+2]([CH]1C=Cc2ccccc21)[CH]1C=Cc2ccccc21.[Cl-].[Cl-]. The number of halogens is 2. The summed E-state index contributed by atoms with van der Waals surface area (Å²) in [6, 6.07) is 18.2. The Bertz CT molecular complexity index is 772. The number of rotatable bonds is 2. The number of benzene rings is 2. The molecule has 2 aliphatic carbocycles. The number of fused-ring (bicyclic) bond motifs is 2. The molecule has 0 saturated heterocycles. The molecule has 2 aromatic rings. The van der Waals surface area contributed by atoms with E-state index in [-0.39, 0.29) is 24.8 Å². The Labute approximate surface area is 165 Å². The molecule has 0 aromatic heterocycles. The average molecular weight is 582 g/mol. The van der Waals surface area contributed by atoms with Crippen molar-refractivity contribution >= 4 is 22.2 Å². The summed E-state index contributed by atoms with van der Waals surface area (Å²) >= 11 is -1.78. The van der Waals surface area contributed by atoms with Gasteiger partial charge in [0, 0.05) is 0 Å². The molecule has 2 unspecified atom stereocenters. The Balaban J connectivity index is 0.00000104. The number of hydrogen-bond donors (Lipinski definition) is 0. The van der Waals surface area contributed by atoms with Crippen molar-refractivity contribution in [3.63, 3.8) is 0 Å². The Hall–Kier alpha value is -0.0870. The number of allylic oxidation sites excluding steroid dienone is 2. The molecule has 0 heterocycles. The Morgan fingerprint density at radius 1 is 0.708 bits per heavy atom. The van der Waals surface area contributed by atoms with E-state index in [1.54, 1.807) is 11.1 Å². The fraction of sp³-hybridized carbons (Fsp3) is 0.200. The molecule has 0 radical (unpaired) electrons. The van der Waals surface area contributed by atoms with Gasteiger partial charge in [0.25, 0.3) is 0 Å². The molecule has 0 spiro atoms. The van der Waals surface area contributed by atoms with Crippen molar-refractivity contribution in [1.29, 1.82) is 0 Å². The fourth-order valence-corrected chi connectivity index (χ4v) is 46.2. The molecule has 0 bridgehead atoms. The predicted molar refractivity (Wildman–Crippen MR) is 93.9 cm³/mol. The standard InChI is InChI=1S/2C9H7.C2H6Ge.2ClH.Hf/c2*1-2-5-9-7-3-6-8(9)4-1;1-3-2;;;/h2*1-7H;1-2H3;2*1H;/q;;;;;+2/p-2. The molecule has 0 nitrogen and oxygen atoms in total. The fourth-order valence-electron chi connectivity index (χ4n) is 3.86. The zero-order valence-electron chi connectivity index (χ0n) is 13.8. The van der Waals surface area contributed by atoms with Crippen molar-refractivity contribution in [3.05, 3.63) is 82.9 Å². The van der Waals surface area contributed by atoms with E-state index in [9.17, 15) is 0 Å². The van der Waals surface area contributed by atoms with E-state index in [1.807, 2.05) is 0 Å². The van der Waals surface area contributed by atoms with Crippen molar-refractivity contribution < 1.29 is 43.2 Å². The molecule has 0 amide bonds. The maximum absolute atomic E-state index is 2.63. The Morgan fingerprint density at radius 3 is 1.54 bits per heavy atom. The quantitative estimate of drug-likeness (QED) is 0.416. The van der Waals surface area contributed by atoms with Crippen LogP contribution >= 0.6 is 0 Å². The monoisotopic (exact) mass is 584 g/mol. The third-order valence-corrected chi connectivity index (χ3v) is 47.9. The van der Waals surface area contributed by atoms with Crippen LogP contribution in [0.4, 0.5) is 0 Å². The van der Waals surface area contributed by atoms with Crippen LogP contribution < -0.4 is 24.8 Å². The van der Waals surface area contributed by atoms with E-state index in [2.05, 4.69) is 84.3 Å². The molecule has 0 aliphatic heterocycles. The van der Waals surface area contributed by atoms with Gasteiger partial charge in [-0.25, -0.2) is 0 Å². The van der Waals surface area contributed by atoms with E-state index in [1.165, 1.54) is 11.1 Å². The second kappa shape index (κ2) is 8.53. The maximum Gasteiger partial charge on any atom is -1.00 e. The van der Waals surface area contributed by atoms with Crippen LogP contribution in [0.15, 0.2) is 60.7 Å². The van der Waals surface area contributed by atoms with Gasteiger partial charge in [0.1, 0.15) is 0 Å². The zero-order chi connectivity index (χ0) is 15.1. The Morgan fingerprint density at radius 2 is 1.12 bits per heavy atom. The number of hydrogen-bond acceptors (Lipinski definition) is 0. The van der Waals surface area contributed by atoms with E-state index in [4.69, 9.17) is 0 Å². The molecule has 0 fully saturated rings. The minimum atomic E-state index is -1.78. The predicted octanol–water partition coefficient (Wildman–Crippen LogP) is -0.600. The molecule has 2 aromatic carbocycles. The first kappa shape index (κ1) is 20.2. The van der Waals surface area contributed by atoms with Gasteiger partial charge in [0.2, 0.25) is 0 Å². The molecule has 4 heteroatoms. The van der Waals surface area contributed by atoms with Crippen LogP contribution in [0.2, 0.25) is 11.5 Å². The average Bonchev–Trinajstić information content (AvgIpc) is 3.13. The normalized spacial score (nSPS) is 18.7. The van der Waals surface area contributed by atoms with Crippen LogP contribution in [-0.2, 0) is 18.3 Å². The van der Waals surface area contributed by atoms with Crippen LogP contribution in [-0.4, -0.2) is 10.1 Å². The summed E-state index contributed by atoms with van der Waals surface area (Å²) in [6.07, 6.45) is 9.88. The molecule has 0 saturated carbocycles. The second-order valence-corrected chi connectivity index (χ2v) is 46.9. The molecule has 122 valence electrons. The van der Waals surface area contributed by atoms with Crippen molar-refractivity contribution in [2.45, 2.75) is 18.9 Å². The first-order valence-corrected chi connectivity index (χ1v) is 26.7. The van der Waals surface area contributed by atoms with E-state index in [0.717, 1.165) is 7.35 Å². The van der Waals surface area contributed by atoms with Crippen molar-refractivity contribution in [2.24, 2.45) is 0 Å². The van der Waals surface area contributed by atoms with E-state index < -0.39 is 28.4 Å². The van der Waals surface area contributed by atoms with Gasteiger partial charge in [0.15, 0.2) is 0 Å². The van der Waals surface area contributed by atoms with Gasteiger partial charge in [0.05, 0.1) is 0 Å². The molecular formula is C20H20Cl2GeHf. The van der Waals surface area contributed by atoms with Crippen LogP contribution in [0.1, 0.15) is 29.6 Å². The van der Waals surface area contributed by atoms with Crippen molar-refractivity contribution in [1.82, 2.24) is 0 Å². The van der Waals surface area contributed by atoms with E-state index >= 15 is 0 Å². The molecule has 2 aliphatic rings.